The number of nitrogens with zero attached hydrogens (tertiary/aromatic N) is 1. The van der Waals surface area contributed by atoms with E-state index >= 15 is 0 Å². The van der Waals surface area contributed by atoms with Gasteiger partial charge in [-0.05, 0) is 62.0 Å². The number of methoxy groups -OCH3 is 2. The van der Waals surface area contributed by atoms with Crippen molar-refractivity contribution in [3.05, 3.63) is 53.6 Å². The summed E-state index contributed by atoms with van der Waals surface area (Å²) in [6, 6.07) is 13.7. The second-order valence-corrected chi connectivity index (χ2v) is 7.55. The first-order valence-electron chi connectivity index (χ1n) is 10.1. The fourth-order valence-electron chi connectivity index (χ4n) is 3.69. The van der Waals surface area contributed by atoms with Gasteiger partial charge >= 0.3 is 6.03 Å². The summed E-state index contributed by atoms with van der Waals surface area (Å²) in [5.41, 5.74) is 3.34. The van der Waals surface area contributed by atoms with Crippen molar-refractivity contribution in [3.63, 3.8) is 0 Å². The summed E-state index contributed by atoms with van der Waals surface area (Å²) >= 11 is 0. The number of anilines is 1. The Kier molecular flexibility index (Phi) is 7.36. The lowest BCUT2D eigenvalue weighted by molar-refractivity contribution is 0.175. The smallest absolute Gasteiger partial charge is 0.319 e. The summed E-state index contributed by atoms with van der Waals surface area (Å²) in [6.07, 6.45) is 2.18. The number of piperidine rings is 1. The van der Waals surface area contributed by atoms with Crippen molar-refractivity contribution >= 4 is 11.7 Å². The van der Waals surface area contributed by atoms with E-state index in [0.29, 0.717) is 29.6 Å². The monoisotopic (exact) mass is 397 g/mol. The minimum atomic E-state index is -0.223. The van der Waals surface area contributed by atoms with Gasteiger partial charge in [-0.3, -0.25) is 4.90 Å². The lowest BCUT2D eigenvalue weighted by Gasteiger charge is -2.32. The number of rotatable bonds is 7. The number of benzene rings is 2. The van der Waals surface area contributed by atoms with Crippen LogP contribution in [0.4, 0.5) is 10.5 Å². The Morgan fingerprint density at radius 2 is 1.86 bits per heavy atom. The Bertz CT molecular complexity index is 817. The molecule has 1 heterocycles. The van der Waals surface area contributed by atoms with E-state index in [4.69, 9.17) is 9.47 Å². The van der Waals surface area contributed by atoms with Gasteiger partial charge in [-0.15, -0.1) is 0 Å². The molecule has 2 aromatic carbocycles. The molecular weight excluding hydrogens is 366 g/mol. The van der Waals surface area contributed by atoms with Gasteiger partial charge in [0.25, 0.3) is 0 Å². The van der Waals surface area contributed by atoms with Crippen LogP contribution in [0.5, 0.6) is 11.5 Å². The molecule has 2 amide bonds. The minimum absolute atomic E-state index is 0.223. The van der Waals surface area contributed by atoms with Crippen molar-refractivity contribution in [2.45, 2.75) is 26.3 Å². The number of aryl methyl sites for hydroxylation is 1. The summed E-state index contributed by atoms with van der Waals surface area (Å²) in [5.74, 6) is 1.77. The van der Waals surface area contributed by atoms with Gasteiger partial charge in [0.1, 0.15) is 11.5 Å². The minimum Gasteiger partial charge on any atom is -0.497 e. The van der Waals surface area contributed by atoms with E-state index in [-0.39, 0.29) is 6.03 Å². The van der Waals surface area contributed by atoms with Crippen LogP contribution in [-0.2, 0) is 6.54 Å². The average Bonchev–Trinajstić information content (AvgIpc) is 2.75. The molecule has 156 valence electrons. The Morgan fingerprint density at radius 1 is 1.10 bits per heavy atom. The number of likely N-dealkylation sites (tertiary alicyclic amines) is 1. The predicted octanol–water partition coefficient (Wildman–Crippen LogP) is 4.05. The zero-order valence-corrected chi connectivity index (χ0v) is 17.5. The highest BCUT2D eigenvalue weighted by atomic mass is 16.5. The molecular formula is C23H31N3O3. The van der Waals surface area contributed by atoms with Crippen LogP contribution in [0.1, 0.15) is 24.0 Å². The molecule has 0 atom stereocenters. The number of hydrogen-bond donors (Lipinski definition) is 2. The topological polar surface area (TPSA) is 62.8 Å². The highest BCUT2D eigenvalue weighted by molar-refractivity contribution is 5.91. The normalized spacial score (nSPS) is 15.0. The molecule has 0 unspecified atom stereocenters. The highest BCUT2D eigenvalue weighted by Gasteiger charge is 2.20. The van der Waals surface area contributed by atoms with Gasteiger partial charge < -0.3 is 20.1 Å². The quantitative estimate of drug-likeness (QED) is 0.740. The maximum atomic E-state index is 12.3. The molecule has 0 spiro atoms. The highest BCUT2D eigenvalue weighted by Crippen LogP contribution is 2.28. The van der Waals surface area contributed by atoms with Crippen LogP contribution in [0.2, 0.25) is 0 Å². The number of urea groups is 1. The van der Waals surface area contributed by atoms with E-state index in [9.17, 15) is 4.79 Å². The van der Waals surface area contributed by atoms with Crippen molar-refractivity contribution in [1.82, 2.24) is 10.2 Å². The van der Waals surface area contributed by atoms with E-state index in [0.717, 1.165) is 32.5 Å². The van der Waals surface area contributed by atoms with Crippen LogP contribution >= 0.6 is 0 Å². The first-order valence-corrected chi connectivity index (χ1v) is 10.1. The van der Waals surface area contributed by atoms with Crippen molar-refractivity contribution < 1.29 is 14.3 Å². The Morgan fingerprint density at radius 3 is 2.55 bits per heavy atom. The fourth-order valence-corrected chi connectivity index (χ4v) is 3.69. The zero-order chi connectivity index (χ0) is 20.6. The van der Waals surface area contributed by atoms with Gasteiger partial charge in [0, 0.05) is 19.2 Å². The molecule has 0 bridgehead atoms. The molecule has 0 saturated carbocycles. The zero-order valence-electron chi connectivity index (χ0n) is 17.5. The van der Waals surface area contributed by atoms with Gasteiger partial charge in [-0.2, -0.15) is 0 Å². The molecule has 2 aromatic rings. The van der Waals surface area contributed by atoms with E-state index in [1.807, 2.05) is 0 Å². The molecule has 1 aliphatic rings. The first-order chi connectivity index (χ1) is 14.1. The Balaban J connectivity index is 1.43. The molecule has 0 aliphatic carbocycles. The van der Waals surface area contributed by atoms with Gasteiger partial charge in [0.05, 0.1) is 19.9 Å². The van der Waals surface area contributed by atoms with Gasteiger partial charge in [0.15, 0.2) is 0 Å². The predicted molar refractivity (Wildman–Crippen MR) is 116 cm³/mol. The van der Waals surface area contributed by atoms with E-state index in [1.54, 1.807) is 32.4 Å². The largest absolute Gasteiger partial charge is 0.497 e. The molecule has 3 rings (SSSR count). The van der Waals surface area contributed by atoms with Gasteiger partial charge in [-0.25, -0.2) is 4.79 Å². The van der Waals surface area contributed by atoms with Crippen molar-refractivity contribution in [1.29, 1.82) is 0 Å². The second kappa shape index (κ2) is 10.2. The van der Waals surface area contributed by atoms with Crippen LogP contribution in [0.15, 0.2) is 42.5 Å². The molecule has 1 saturated heterocycles. The molecule has 1 aliphatic heterocycles. The summed E-state index contributed by atoms with van der Waals surface area (Å²) in [4.78, 5) is 14.8. The number of ether oxygens (including phenoxy) is 2. The van der Waals surface area contributed by atoms with Gasteiger partial charge in [0.2, 0.25) is 0 Å². The second-order valence-electron chi connectivity index (χ2n) is 7.55. The SMILES string of the molecule is COc1ccc(OC)c(NC(=O)NCC2CCN(Cc3ccccc3C)CC2)c1. The van der Waals surface area contributed by atoms with Crippen LogP contribution < -0.4 is 20.1 Å². The third kappa shape index (κ3) is 5.87. The summed E-state index contributed by atoms with van der Waals surface area (Å²) in [6.45, 7) is 5.97. The number of hydrogen-bond acceptors (Lipinski definition) is 4. The molecule has 29 heavy (non-hydrogen) atoms. The molecule has 1 fully saturated rings. The lowest BCUT2D eigenvalue weighted by Crippen LogP contribution is -2.39. The standard InChI is InChI=1S/C23H31N3O3/c1-17-6-4-5-7-19(17)16-26-12-10-18(11-13-26)15-24-23(27)25-21-14-20(28-2)8-9-22(21)29-3/h4-9,14,18H,10-13,15-16H2,1-3H3,(H2,24,25,27). The van der Waals surface area contributed by atoms with E-state index in [1.165, 1.54) is 11.1 Å². The summed E-state index contributed by atoms with van der Waals surface area (Å²) < 4.78 is 10.5. The molecule has 0 aromatic heterocycles. The lowest BCUT2D eigenvalue weighted by atomic mass is 9.96. The third-order valence-corrected chi connectivity index (χ3v) is 5.57. The van der Waals surface area contributed by atoms with E-state index in [2.05, 4.69) is 46.7 Å². The van der Waals surface area contributed by atoms with Crippen molar-refractivity contribution in [2.75, 3.05) is 39.2 Å². The van der Waals surface area contributed by atoms with Crippen molar-refractivity contribution in [3.8, 4) is 11.5 Å². The number of nitrogens with one attached hydrogen (secondary N) is 2. The van der Waals surface area contributed by atoms with E-state index < -0.39 is 0 Å². The van der Waals surface area contributed by atoms with Crippen LogP contribution in [-0.4, -0.2) is 44.8 Å². The van der Waals surface area contributed by atoms with Crippen LogP contribution in [0.25, 0.3) is 0 Å². The summed E-state index contributed by atoms with van der Waals surface area (Å²) in [7, 11) is 3.17. The third-order valence-electron chi connectivity index (χ3n) is 5.57. The average molecular weight is 398 g/mol. The van der Waals surface area contributed by atoms with Crippen LogP contribution in [0.3, 0.4) is 0 Å². The number of carbonyl (C=O) groups excluding carboxylic acids is 1. The Labute approximate surface area is 173 Å². The van der Waals surface area contributed by atoms with Gasteiger partial charge in [-0.1, -0.05) is 24.3 Å². The number of amides is 2. The maximum absolute atomic E-state index is 12.3. The first kappa shape index (κ1) is 21.0. The fraction of sp³-hybridized carbons (Fsp3) is 0.435. The molecule has 6 nitrogen and oxygen atoms in total. The molecule has 6 heteroatoms. The molecule has 2 N–H and O–H groups in total. The summed E-state index contributed by atoms with van der Waals surface area (Å²) in [5, 5.41) is 5.86. The van der Waals surface area contributed by atoms with Crippen molar-refractivity contribution in [2.24, 2.45) is 5.92 Å². The Hall–Kier alpha value is -2.73. The van der Waals surface area contributed by atoms with Crippen LogP contribution in [0, 0.1) is 12.8 Å². The number of carbonyl (C=O) groups is 1. The maximum Gasteiger partial charge on any atom is 0.319 e. The molecule has 0 radical (unpaired) electrons.